The van der Waals surface area contributed by atoms with Gasteiger partial charge in [-0.05, 0) is 17.7 Å². The van der Waals surface area contributed by atoms with Crippen molar-refractivity contribution in [2.45, 2.75) is 6.04 Å². The van der Waals surface area contributed by atoms with Gasteiger partial charge in [-0.1, -0.05) is 30.3 Å². The molecule has 0 unspecified atom stereocenters. The fraction of sp³-hybridized carbons (Fsp3) is 0.188. The number of aliphatic hydroxyl groups excluding tert-OH is 1. The van der Waals surface area contributed by atoms with E-state index in [-0.39, 0.29) is 12.4 Å². The van der Waals surface area contributed by atoms with Crippen molar-refractivity contribution in [2.75, 3.05) is 19.0 Å². The molecule has 116 valence electrons. The molecule has 0 spiro atoms. The van der Waals surface area contributed by atoms with Crippen molar-refractivity contribution in [1.82, 2.24) is 5.32 Å². The van der Waals surface area contributed by atoms with Crippen molar-refractivity contribution >= 4 is 11.7 Å². The maximum absolute atomic E-state index is 12.0. The summed E-state index contributed by atoms with van der Waals surface area (Å²) in [6.45, 7) is -0.217. The van der Waals surface area contributed by atoms with E-state index in [1.54, 1.807) is 12.1 Å². The van der Waals surface area contributed by atoms with Crippen LogP contribution in [0.3, 0.4) is 0 Å². The Labute approximate surface area is 128 Å². The fourth-order valence-corrected chi connectivity index (χ4v) is 2.01. The minimum Gasteiger partial charge on any atom is -0.504 e. The van der Waals surface area contributed by atoms with E-state index in [4.69, 9.17) is 4.74 Å². The quantitative estimate of drug-likeness (QED) is 0.682. The normalized spacial score (nSPS) is 11.5. The Morgan fingerprint density at radius 3 is 2.55 bits per heavy atom. The minimum absolute atomic E-state index is 0.0675. The standard InChI is InChI=1S/C16H18N2O4/c1-22-15-8-7-12(9-14(15)20)17-16(21)18-13(10-19)11-5-3-2-4-6-11/h2-9,13,19-20H,10H2,1H3,(H2,17,18,21)/t13-/m0/s1. The second-order valence-electron chi connectivity index (χ2n) is 4.63. The number of methoxy groups -OCH3 is 1. The monoisotopic (exact) mass is 302 g/mol. The lowest BCUT2D eigenvalue weighted by molar-refractivity contribution is 0.225. The number of hydrogen-bond donors (Lipinski definition) is 4. The molecule has 2 aromatic carbocycles. The molecule has 0 aliphatic carbocycles. The van der Waals surface area contributed by atoms with E-state index in [1.807, 2.05) is 30.3 Å². The van der Waals surface area contributed by atoms with Gasteiger partial charge in [-0.25, -0.2) is 4.79 Å². The molecule has 0 heterocycles. The highest BCUT2D eigenvalue weighted by atomic mass is 16.5. The average Bonchev–Trinajstić information content (AvgIpc) is 2.53. The van der Waals surface area contributed by atoms with Gasteiger partial charge in [-0.3, -0.25) is 0 Å². The molecule has 0 saturated heterocycles. The molecule has 0 bridgehead atoms. The number of carbonyl (C=O) groups is 1. The SMILES string of the molecule is COc1ccc(NC(=O)N[C@@H](CO)c2ccccc2)cc1O. The van der Waals surface area contributed by atoms with Gasteiger partial charge in [0.05, 0.1) is 19.8 Å². The third-order valence-corrected chi connectivity index (χ3v) is 3.13. The fourth-order valence-electron chi connectivity index (χ4n) is 2.01. The number of benzene rings is 2. The summed E-state index contributed by atoms with van der Waals surface area (Å²) >= 11 is 0. The number of phenols is 1. The molecule has 22 heavy (non-hydrogen) atoms. The van der Waals surface area contributed by atoms with Gasteiger partial charge in [-0.2, -0.15) is 0 Å². The van der Waals surface area contributed by atoms with Crippen LogP contribution in [0.5, 0.6) is 11.5 Å². The summed E-state index contributed by atoms with van der Waals surface area (Å²) in [7, 11) is 1.45. The van der Waals surface area contributed by atoms with Crippen molar-refractivity contribution in [3.05, 3.63) is 54.1 Å². The van der Waals surface area contributed by atoms with Crippen LogP contribution in [0.1, 0.15) is 11.6 Å². The molecule has 2 aromatic rings. The van der Waals surface area contributed by atoms with Crippen molar-refractivity contribution in [1.29, 1.82) is 0 Å². The van der Waals surface area contributed by atoms with Crippen LogP contribution in [0.25, 0.3) is 0 Å². The Morgan fingerprint density at radius 2 is 1.95 bits per heavy atom. The van der Waals surface area contributed by atoms with Crippen molar-refractivity contribution in [3.63, 3.8) is 0 Å². The predicted octanol–water partition coefficient (Wildman–Crippen LogP) is 2.26. The molecule has 6 nitrogen and oxygen atoms in total. The Kier molecular flexibility index (Phi) is 5.21. The third kappa shape index (κ3) is 3.89. The van der Waals surface area contributed by atoms with Crippen LogP contribution in [0.4, 0.5) is 10.5 Å². The molecule has 2 rings (SSSR count). The molecule has 2 amide bonds. The van der Waals surface area contributed by atoms with E-state index in [1.165, 1.54) is 13.2 Å². The maximum atomic E-state index is 12.0. The summed E-state index contributed by atoms with van der Waals surface area (Å²) in [6, 6.07) is 12.7. The number of anilines is 1. The van der Waals surface area contributed by atoms with Gasteiger partial charge in [0, 0.05) is 11.8 Å². The van der Waals surface area contributed by atoms with E-state index < -0.39 is 12.1 Å². The first kappa shape index (κ1) is 15.7. The Morgan fingerprint density at radius 1 is 1.23 bits per heavy atom. The number of aromatic hydroxyl groups is 1. The summed E-state index contributed by atoms with van der Waals surface area (Å²) < 4.78 is 4.93. The minimum atomic E-state index is -0.506. The molecule has 0 saturated carbocycles. The topological polar surface area (TPSA) is 90.8 Å². The van der Waals surface area contributed by atoms with E-state index in [9.17, 15) is 15.0 Å². The van der Waals surface area contributed by atoms with E-state index in [0.717, 1.165) is 5.56 Å². The molecular weight excluding hydrogens is 284 g/mol. The number of rotatable bonds is 5. The molecule has 0 radical (unpaired) electrons. The number of nitrogens with one attached hydrogen (secondary N) is 2. The van der Waals surface area contributed by atoms with Gasteiger partial charge in [0.25, 0.3) is 0 Å². The first-order chi connectivity index (χ1) is 10.6. The van der Waals surface area contributed by atoms with Crippen LogP contribution in [0.15, 0.2) is 48.5 Å². The number of phenolic OH excluding ortho intramolecular Hbond substituents is 1. The molecule has 0 fully saturated rings. The van der Waals surface area contributed by atoms with Crippen LogP contribution >= 0.6 is 0 Å². The highest BCUT2D eigenvalue weighted by molar-refractivity contribution is 5.89. The second kappa shape index (κ2) is 7.33. The maximum Gasteiger partial charge on any atom is 0.319 e. The number of hydrogen-bond acceptors (Lipinski definition) is 4. The second-order valence-corrected chi connectivity index (χ2v) is 4.63. The lowest BCUT2D eigenvalue weighted by atomic mass is 10.1. The predicted molar refractivity (Wildman–Crippen MR) is 83.1 cm³/mol. The highest BCUT2D eigenvalue weighted by Crippen LogP contribution is 2.28. The number of amides is 2. The average molecular weight is 302 g/mol. The summed E-state index contributed by atoms with van der Waals surface area (Å²) in [4.78, 5) is 12.0. The Bertz CT molecular complexity index is 631. The van der Waals surface area contributed by atoms with Gasteiger partial charge < -0.3 is 25.6 Å². The lowest BCUT2D eigenvalue weighted by Crippen LogP contribution is -2.34. The van der Waals surface area contributed by atoms with Crippen molar-refractivity contribution in [3.8, 4) is 11.5 Å². The van der Waals surface area contributed by atoms with Crippen LogP contribution < -0.4 is 15.4 Å². The summed E-state index contributed by atoms with van der Waals surface area (Å²) in [5, 5.41) is 24.3. The highest BCUT2D eigenvalue weighted by Gasteiger charge is 2.13. The molecular formula is C16H18N2O4. The number of urea groups is 1. The van der Waals surface area contributed by atoms with Gasteiger partial charge in [0.15, 0.2) is 11.5 Å². The molecule has 0 aromatic heterocycles. The zero-order chi connectivity index (χ0) is 15.9. The molecule has 4 N–H and O–H groups in total. The summed E-state index contributed by atoms with van der Waals surface area (Å²) in [6.07, 6.45) is 0. The first-order valence-electron chi connectivity index (χ1n) is 6.74. The van der Waals surface area contributed by atoms with Gasteiger partial charge in [0.1, 0.15) is 0 Å². The molecule has 1 atom stereocenters. The van der Waals surface area contributed by atoms with Crippen LogP contribution in [0, 0.1) is 0 Å². The molecule has 0 aliphatic heterocycles. The Balaban J connectivity index is 2.01. The van der Waals surface area contributed by atoms with Gasteiger partial charge >= 0.3 is 6.03 Å². The van der Waals surface area contributed by atoms with Crippen molar-refractivity contribution in [2.24, 2.45) is 0 Å². The summed E-state index contributed by atoms with van der Waals surface area (Å²) in [5.41, 5.74) is 1.22. The smallest absolute Gasteiger partial charge is 0.319 e. The number of carbonyl (C=O) groups excluding carboxylic acids is 1. The van der Waals surface area contributed by atoms with E-state index >= 15 is 0 Å². The van der Waals surface area contributed by atoms with Crippen LogP contribution in [-0.4, -0.2) is 30.0 Å². The van der Waals surface area contributed by atoms with Crippen molar-refractivity contribution < 1.29 is 19.7 Å². The lowest BCUT2D eigenvalue weighted by Gasteiger charge is -2.17. The zero-order valence-electron chi connectivity index (χ0n) is 12.1. The van der Waals surface area contributed by atoms with Crippen LogP contribution in [-0.2, 0) is 0 Å². The first-order valence-corrected chi connectivity index (χ1v) is 6.74. The third-order valence-electron chi connectivity index (χ3n) is 3.13. The molecule has 6 heteroatoms. The van der Waals surface area contributed by atoms with E-state index in [2.05, 4.69) is 10.6 Å². The molecule has 0 aliphatic rings. The van der Waals surface area contributed by atoms with E-state index in [0.29, 0.717) is 11.4 Å². The Hall–Kier alpha value is -2.73. The number of aliphatic hydroxyl groups is 1. The largest absolute Gasteiger partial charge is 0.504 e. The van der Waals surface area contributed by atoms with Crippen LogP contribution in [0.2, 0.25) is 0 Å². The zero-order valence-corrected chi connectivity index (χ0v) is 12.1. The van der Waals surface area contributed by atoms with Gasteiger partial charge in [0.2, 0.25) is 0 Å². The van der Waals surface area contributed by atoms with Gasteiger partial charge in [-0.15, -0.1) is 0 Å². The summed E-state index contributed by atoms with van der Waals surface area (Å²) in [5.74, 6) is 0.255. The number of ether oxygens (including phenoxy) is 1.